The molecular weight excluding hydrogens is 465 g/mol. The Kier molecular flexibility index (Phi) is 4.65. The number of aromatic nitrogens is 7. The minimum atomic E-state index is -4.60. The number of imidazole rings is 1. The SMILES string of the molecule is O=C(c1nnc(-c2ccccn2)o1)N1CCc2[nH]cnc2C1c1cc2cccc(C(F)(F)F)n2n1. The quantitative estimate of drug-likeness (QED) is 0.421. The summed E-state index contributed by atoms with van der Waals surface area (Å²) < 4.78 is 47.1. The standard InChI is InChI=1S/C22H15F3N8O2/c23-22(24,25)16-6-3-4-12-10-15(31-33(12)16)18-17-13(27-11-28-17)7-9-32(18)21(34)20-30-29-19(35-20)14-5-1-2-8-26-14/h1-6,8,10-11,18H,7,9H2,(H,27,28). The van der Waals surface area contributed by atoms with Gasteiger partial charge in [0.15, 0.2) is 0 Å². The molecule has 1 N–H and O–H groups in total. The number of fused-ring (bicyclic) bond motifs is 2. The highest BCUT2D eigenvalue weighted by molar-refractivity contribution is 5.90. The van der Waals surface area contributed by atoms with Crippen LogP contribution in [0.15, 0.2) is 59.4 Å². The van der Waals surface area contributed by atoms with Crippen molar-refractivity contribution in [2.45, 2.75) is 18.6 Å². The van der Waals surface area contributed by atoms with Crippen LogP contribution in [0.25, 0.3) is 17.1 Å². The van der Waals surface area contributed by atoms with E-state index in [1.165, 1.54) is 29.4 Å². The molecule has 13 heteroatoms. The zero-order valence-electron chi connectivity index (χ0n) is 17.8. The van der Waals surface area contributed by atoms with Crippen LogP contribution in [-0.2, 0) is 12.6 Å². The maximum atomic E-state index is 13.6. The molecule has 1 unspecified atom stereocenters. The fourth-order valence-electron chi connectivity index (χ4n) is 4.20. The van der Waals surface area contributed by atoms with Gasteiger partial charge in [-0.2, -0.15) is 18.3 Å². The van der Waals surface area contributed by atoms with Gasteiger partial charge in [-0.1, -0.05) is 12.1 Å². The molecule has 5 aromatic heterocycles. The zero-order valence-corrected chi connectivity index (χ0v) is 17.8. The number of amides is 1. The van der Waals surface area contributed by atoms with E-state index >= 15 is 0 Å². The van der Waals surface area contributed by atoms with Gasteiger partial charge in [-0.05, 0) is 30.3 Å². The van der Waals surface area contributed by atoms with Crippen LogP contribution in [0, 0.1) is 0 Å². The lowest BCUT2D eigenvalue weighted by Gasteiger charge is -2.32. The van der Waals surface area contributed by atoms with E-state index in [1.54, 1.807) is 24.4 Å². The molecule has 1 atom stereocenters. The first-order valence-electron chi connectivity index (χ1n) is 10.5. The summed E-state index contributed by atoms with van der Waals surface area (Å²) in [5.41, 5.74) is 1.21. The second-order valence-corrected chi connectivity index (χ2v) is 7.86. The Labute approximate surface area is 194 Å². The van der Waals surface area contributed by atoms with Gasteiger partial charge in [-0.15, -0.1) is 10.2 Å². The molecule has 0 bridgehead atoms. The molecule has 176 valence electrons. The minimum absolute atomic E-state index is 0.0746. The number of rotatable bonds is 3. The van der Waals surface area contributed by atoms with E-state index in [1.807, 2.05) is 0 Å². The van der Waals surface area contributed by atoms with Crippen LogP contribution in [-0.4, -0.2) is 52.1 Å². The third-order valence-electron chi connectivity index (χ3n) is 5.75. The number of aromatic amines is 1. The molecular formula is C22H15F3N8O2. The molecule has 6 heterocycles. The number of H-pyrrole nitrogens is 1. The summed E-state index contributed by atoms with van der Waals surface area (Å²) in [6.07, 6.45) is -1.11. The lowest BCUT2D eigenvalue weighted by molar-refractivity contribution is -0.142. The number of nitrogens with one attached hydrogen (secondary N) is 1. The summed E-state index contributed by atoms with van der Waals surface area (Å²) in [5.74, 6) is -0.786. The monoisotopic (exact) mass is 480 g/mol. The van der Waals surface area contributed by atoms with E-state index in [-0.39, 0.29) is 29.5 Å². The van der Waals surface area contributed by atoms with E-state index in [2.05, 4.69) is 30.2 Å². The maximum absolute atomic E-state index is 13.6. The molecule has 0 radical (unpaired) electrons. The summed E-state index contributed by atoms with van der Waals surface area (Å²) in [7, 11) is 0. The van der Waals surface area contributed by atoms with Gasteiger partial charge in [-0.25, -0.2) is 9.50 Å². The maximum Gasteiger partial charge on any atom is 0.433 e. The van der Waals surface area contributed by atoms with Gasteiger partial charge < -0.3 is 14.3 Å². The predicted octanol–water partition coefficient (Wildman–Crippen LogP) is 3.31. The summed E-state index contributed by atoms with van der Waals surface area (Å²) in [6, 6.07) is 9.56. The van der Waals surface area contributed by atoms with E-state index in [0.29, 0.717) is 17.8 Å². The highest BCUT2D eigenvalue weighted by Crippen LogP contribution is 2.36. The zero-order chi connectivity index (χ0) is 24.2. The van der Waals surface area contributed by atoms with Crippen molar-refractivity contribution in [1.82, 2.24) is 39.7 Å². The molecule has 5 aromatic rings. The number of nitrogens with zero attached hydrogens (tertiary/aromatic N) is 7. The number of hydrogen-bond acceptors (Lipinski definition) is 7. The molecule has 10 nitrogen and oxygen atoms in total. The Morgan fingerprint density at radius 1 is 1.11 bits per heavy atom. The normalized spacial score (nSPS) is 16.0. The smallest absolute Gasteiger partial charge is 0.411 e. The van der Waals surface area contributed by atoms with Crippen LogP contribution in [0.4, 0.5) is 13.2 Å². The molecule has 0 spiro atoms. The van der Waals surface area contributed by atoms with Gasteiger partial charge in [0.1, 0.15) is 17.4 Å². The van der Waals surface area contributed by atoms with Gasteiger partial charge in [0.05, 0.1) is 23.2 Å². The average Bonchev–Trinajstić information content (AvgIpc) is 3.61. The van der Waals surface area contributed by atoms with Crippen molar-refractivity contribution in [2.75, 3.05) is 6.54 Å². The largest absolute Gasteiger partial charge is 0.433 e. The molecule has 0 fully saturated rings. The highest BCUT2D eigenvalue weighted by Gasteiger charge is 2.39. The van der Waals surface area contributed by atoms with E-state index in [4.69, 9.17) is 4.42 Å². The fraction of sp³-hybridized carbons (Fsp3) is 0.182. The van der Waals surface area contributed by atoms with Crippen molar-refractivity contribution in [3.8, 4) is 11.6 Å². The molecule has 0 aliphatic carbocycles. The molecule has 1 amide bonds. The molecule has 0 saturated carbocycles. The summed E-state index contributed by atoms with van der Waals surface area (Å²) in [4.78, 5) is 26.4. The number of hydrogen-bond donors (Lipinski definition) is 1. The van der Waals surface area contributed by atoms with Crippen LogP contribution in [0.5, 0.6) is 0 Å². The first kappa shape index (κ1) is 21.0. The van der Waals surface area contributed by atoms with Crippen LogP contribution in [0.2, 0.25) is 0 Å². The van der Waals surface area contributed by atoms with Gasteiger partial charge in [0.25, 0.3) is 5.89 Å². The Hall–Kier alpha value is -4.55. The van der Waals surface area contributed by atoms with Crippen LogP contribution in [0.3, 0.4) is 0 Å². The molecule has 1 aliphatic heterocycles. The Bertz CT molecular complexity index is 1540. The van der Waals surface area contributed by atoms with Crippen LogP contribution < -0.4 is 0 Å². The lowest BCUT2D eigenvalue weighted by atomic mass is 9.99. The summed E-state index contributed by atoms with van der Waals surface area (Å²) in [6.45, 7) is 0.236. The number of alkyl halides is 3. The van der Waals surface area contributed by atoms with Crippen LogP contribution >= 0.6 is 0 Å². The number of carbonyl (C=O) groups excluding carboxylic acids is 1. The Balaban J connectivity index is 1.42. The minimum Gasteiger partial charge on any atom is -0.411 e. The Morgan fingerprint density at radius 2 is 2.00 bits per heavy atom. The third-order valence-corrected chi connectivity index (χ3v) is 5.75. The first-order valence-corrected chi connectivity index (χ1v) is 10.5. The Morgan fingerprint density at radius 3 is 2.80 bits per heavy atom. The lowest BCUT2D eigenvalue weighted by Crippen LogP contribution is -2.41. The molecule has 1 aliphatic rings. The van der Waals surface area contributed by atoms with Gasteiger partial charge >= 0.3 is 18.0 Å². The number of pyridine rings is 2. The van der Waals surface area contributed by atoms with E-state index in [9.17, 15) is 18.0 Å². The molecule has 6 rings (SSSR count). The van der Waals surface area contributed by atoms with Crippen LogP contribution in [0.1, 0.15) is 39.5 Å². The highest BCUT2D eigenvalue weighted by atomic mass is 19.4. The molecule has 35 heavy (non-hydrogen) atoms. The summed E-state index contributed by atoms with van der Waals surface area (Å²) in [5, 5.41) is 12.0. The van der Waals surface area contributed by atoms with Crippen molar-refractivity contribution in [1.29, 1.82) is 0 Å². The number of halogens is 3. The topological polar surface area (TPSA) is 118 Å². The van der Waals surface area contributed by atoms with Crippen molar-refractivity contribution in [3.05, 3.63) is 83.7 Å². The van der Waals surface area contributed by atoms with Gasteiger partial charge in [-0.3, -0.25) is 9.78 Å². The second-order valence-electron chi connectivity index (χ2n) is 7.86. The third kappa shape index (κ3) is 3.52. The summed E-state index contributed by atoms with van der Waals surface area (Å²) >= 11 is 0. The fourth-order valence-corrected chi connectivity index (χ4v) is 4.20. The second kappa shape index (κ2) is 7.75. The molecule has 0 saturated heterocycles. The predicted molar refractivity (Wildman–Crippen MR) is 113 cm³/mol. The van der Waals surface area contributed by atoms with E-state index in [0.717, 1.165) is 16.3 Å². The van der Waals surface area contributed by atoms with Crippen molar-refractivity contribution >= 4 is 11.4 Å². The van der Waals surface area contributed by atoms with Crippen molar-refractivity contribution in [3.63, 3.8) is 0 Å². The van der Waals surface area contributed by atoms with Gasteiger partial charge in [0, 0.05) is 24.9 Å². The van der Waals surface area contributed by atoms with Crippen molar-refractivity contribution in [2.24, 2.45) is 0 Å². The van der Waals surface area contributed by atoms with Crippen molar-refractivity contribution < 1.29 is 22.4 Å². The van der Waals surface area contributed by atoms with E-state index < -0.39 is 23.8 Å². The first-order chi connectivity index (χ1) is 16.9. The number of carbonyl (C=O) groups is 1. The average molecular weight is 480 g/mol. The molecule has 0 aromatic carbocycles. The van der Waals surface area contributed by atoms with Gasteiger partial charge in [0.2, 0.25) is 0 Å².